The molecule has 9 heteroatoms. The van der Waals surface area contributed by atoms with Crippen LogP contribution in [0.5, 0.6) is 0 Å². The molecule has 4 rings (SSSR count). The first-order chi connectivity index (χ1) is 17.1. The van der Waals surface area contributed by atoms with Gasteiger partial charge in [-0.3, -0.25) is 14.5 Å². The number of hydrogen-bond donors (Lipinski definition) is 2. The van der Waals surface area contributed by atoms with Crippen molar-refractivity contribution in [3.05, 3.63) is 58.7 Å². The fraction of sp³-hybridized carbons (Fsp3) is 0.481. The number of aromatic nitrogens is 1. The van der Waals surface area contributed by atoms with Gasteiger partial charge in [0.2, 0.25) is 0 Å². The smallest absolute Gasteiger partial charge is 0.408 e. The van der Waals surface area contributed by atoms with Crippen LogP contribution in [0, 0.1) is 5.92 Å². The van der Waals surface area contributed by atoms with Crippen LogP contribution in [0.1, 0.15) is 55.5 Å². The van der Waals surface area contributed by atoms with Gasteiger partial charge in [-0.1, -0.05) is 23.7 Å². The lowest BCUT2D eigenvalue weighted by molar-refractivity contribution is -0.136. The first kappa shape index (κ1) is 26.1. The quantitative estimate of drug-likeness (QED) is 0.535. The molecule has 0 unspecified atom stereocenters. The molecule has 36 heavy (non-hydrogen) atoms. The van der Waals surface area contributed by atoms with Crippen molar-refractivity contribution in [3.8, 4) is 0 Å². The van der Waals surface area contributed by atoms with Crippen molar-refractivity contribution in [2.45, 2.75) is 51.1 Å². The van der Waals surface area contributed by atoms with E-state index in [4.69, 9.17) is 11.6 Å². The minimum absolute atomic E-state index is 0.0249. The third-order valence-corrected chi connectivity index (χ3v) is 7.77. The predicted octanol–water partition coefficient (Wildman–Crippen LogP) is 4.24. The zero-order chi connectivity index (χ0) is 26.0. The molecule has 1 aromatic carbocycles. The molecule has 2 atom stereocenters. The minimum atomic E-state index is -1.21. The van der Waals surface area contributed by atoms with E-state index >= 15 is 0 Å². The van der Waals surface area contributed by atoms with Crippen molar-refractivity contribution in [2.24, 2.45) is 5.92 Å². The normalized spacial score (nSPS) is 22.6. The summed E-state index contributed by atoms with van der Waals surface area (Å²) in [5, 5.41) is 14.2. The van der Waals surface area contributed by atoms with Gasteiger partial charge in [0, 0.05) is 60.8 Å². The average Bonchev–Trinajstić information content (AvgIpc) is 3.29. The fourth-order valence-corrected chi connectivity index (χ4v) is 5.90. The van der Waals surface area contributed by atoms with Gasteiger partial charge >= 0.3 is 6.09 Å². The molecule has 2 aromatic rings. The summed E-state index contributed by atoms with van der Waals surface area (Å²) in [6.45, 7) is 7.20. The zero-order valence-corrected chi connectivity index (χ0v) is 21.7. The van der Waals surface area contributed by atoms with Gasteiger partial charge in [-0.15, -0.1) is 0 Å². The zero-order valence-electron chi connectivity index (χ0n) is 20.9. The summed E-state index contributed by atoms with van der Waals surface area (Å²) in [5.74, 6) is 0.129. The van der Waals surface area contributed by atoms with Gasteiger partial charge < -0.3 is 15.3 Å². The number of rotatable bonds is 7. The van der Waals surface area contributed by atoms with E-state index in [0.717, 1.165) is 11.4 Å². The number of Topliss-reactive ketones (excluding diaryl/α,β-unsaturated/α-hetero) is 2. The summed E-state index contributed by atoms with van der Waals surface area (Å²) >= 11 is 6.11. The number of anilines is 1. The van der Waals surface area contributed by atoms with Gasteiger partial charge in [-0.25, -0.2) is 9.78 Å². The van der Waals surface area contributed by atoms with Crippen LogP contribution in [0.4, 0.5) is 10.6 Å². The summed E-state index contributed by atoms with van der Waals surface area (Å²) in [6.07, 6.45) is 1.71. The van der Waals surface area contributed by atoms with Crippen LogP contribution in [0.3, 0.4) is 0 Å². The average molecular weight is 513 g/mol. The van der Waals surface area contributed by atoms with Gasteiger partial charge in [-0.2, -0.15) is 0 Å². The summed E-state index contributed by atoms with van der Waals surface area (Å²) in [5.41, 5.74) is 0.259. The highest BCUT2D eigenvalue weighted by Gasteiger charge is 2.57. The molecule has 2 aliphatic heterocycles. The van der Waals surface area contributed by atoms with Crippen molar-refractivity contribution in [1.82, 2.24) is 15.2 Å². The van der Waals surface area contributed by atoms with Crippen LogP contribution >= 0.6 is 11.6 Å². The van der Waals surface area contributed by atoms with E-state index in [2.05, 4.69) is 15.2 Å². The number of carboxylic acid groups (broad SMARTS) is 1. The van der Waals surface area contributed by atoms with Crippen LogP contribution in [-0.2, 0) is 4.79 Å². The molecule has 2 fully saturated rings. The van der Waals surface area contributed by atoms with Crippen molar-refractivity contribution in [1.29, 1.82) is 0 Å². The second kappa shape index (κ2) is 10.6. The highest BCUT2D eigenvalue weighted by Crippen LogP contribution is 2.42. The van der Waals surface area contributed by atoms with Crippen molar-refractivity contribution < 1.29 is 19.5 Å². The molecule has 1 aromatic heterocycles. The van der Waals surface area contributed by atoms with E-state index < -0.39 is 11.6 Å². The summed E-state index contributed by atoms with van der Waals surface area (Å²) in [4.78, 5) is 46.4. The Balaban J connectivity index is 1.61. The van der Waals surface area contributed by atoms with E-state index in [1.165, 1.54) is 11.8 Å². The molecule has 3 heterocycles. The minimum Gasteiger partial charge on any atom is -0.465 e. The van der Waals surface area contributed by atoms with Gasteiger partial charge in [0.05, 0.1) is 0 Å². The largest absolute Gasteiger partial charge is 0.465 e. The lowest BCUT2D eigenvalue weighted by atomic mass is 9.71. The highest BCUT2D eigenvalue weighted by molar-refractivity contribution is 6.30. The van der Waals surface area contributed by atoms with E-state index in [0.29, 0.717) is 43.1 Å². The number of hydrogen-bond acceptors (Lipinski definition) is 6. The maximum Gasteiger partial charge on any atom is 0.408 e. The summed E-state index contributed by atoms with van der Waals surface area (Å²) < 4.78 is 0. The topological polar surface area (TPSA) is 103 Å². The Hall–Kier alpha value is -2.97. The molecule has 0 bridgehead atoms. The van der Waals surface area contributed by atoms with Gasteiger partial charge in [0.15, 0.2) is 11.6 Å². The maximum absolute atomic E-state index is 14.3. The molecule has 0 aliphatic carbocycles. The Labute approximate surface area is 216 Å². The molecule has 2 N–H and O–H groups in total. The molecule has 0 spiro atoms. The van der Waals surface area contributed by atoms with Crippen molar-refractivity contribution >= 4 is 35.1 Å². The molecule has 0 saturated carbocycles. The molecule has 2 saturated heterocycles. The van der Waals surface area contributed by atoms with E-state index in [1.807, 2.05) is 32.0 Å². The molecule has 0 radical (unpaired) electrons. The summed E-state index contributed by atoms with van der Waals surface area (Å²) in [6, 6.07) is 10.6. The van der Waals surface area contributed by atoms with Gasteiger partial charge in [0.25, 0.3) is 0 Å². The number of ketones is 2. The van der Waals surface area contributed by atoms with Crippen LogP contribution in [-0.4, -0.2) is 70.4 Å². The fourth-order valence-electron chi connectivity index (χ4n) is 5.78. The molecule has 1 amide bonds. The summed E-state index contributed by atoms with van der Waals surface area (Å²) in [7, 11) is 0. The van der Waals surface area contributed by atoms with E-state index in [1.54, 1.807) is 24.4 Å². The number of pyridine rings is 1. The Bertz CT molecular complexity index is 1110. The van der Waals surface area contributed by atoms with Gasteiger partial charge in [0.1, 0.15) is 11.4 Å². The predicted molar refractivity (Wildman–Crippen MR) is 139 cm³/mol. The molecular formula is C27H33ClN4O4. The Morgan fingerprint density at radius 3 is 2.33 bits per heavy atom. The lowest BCUT2D eigenvalue weighted by Crippen LogP contribution is -2.65. The number of benzene rings is 1. The lowest BCUT2D eigenvalue weighted by Gasteiger charge is -2.47. The number of carbonyl (C=O) groups excluding carboxylic acids is 2. The van der Waals surface area contributed by atoms with E-state index in [9.17, 15) is 19.5 Å². The number of nitrogens with one attached hydrogen (secondary N) is 1. The third kappa shape index (κ3) is 4.84. The first-order valence-corrected chi connectivity index (χ1v) is 12.8. The number of nitrogens with zero attached hydrogens (tertiary/aromatic N) is 3. The second-order valence-corrected chi connectivity index (χ2v) is 10.4. The molecule has 192 valence electrons. The molecule has 2 aliphatic rings. The number of piperidine rings is 1. The van der Waals surface area contributed by atoms with Crippen LogP contribution in [0.2, 0.25) is 5.02 Å². The number of amides is 1. The monoisotopic (exact) mass is 512 g/mol. The van der Waals surface area contributed by atoms with Gasteiger partial charge in [-0.05, 0) is 63.4 Å². The number of carbonyl (C=O) groups is 3. The number of halogens is 1. The Morgan fingerprint density at radius 2 is 1.81 bits per heavy atom. The standard InChI is InChI=1S/C27H33ClN4O4/c1-17(2)32(26(35)36)27(16-29-15-23(27)19-4-7-22(28)8-5-19)25(34)20-10-12-31(13-11-20)24-9-6-21(14-30-24)18(3)33/h4-9,14,17,20,23,29H,10-13,15-16H2,1-3H3,(H,35,36)/t23-,27+/m0/s1. The maximum atomic E-state index is 14.3. The molecule has 8 nitrogen and oxygen atoms in total. The SMILES string of the molecule is CC(=O)c1ccc(N2CCC(C(=O)[C@@]3(N(C(=O)O)C(C)C)CNC[C@H]3c3ccc(Cl)cc3)CC2)nc1. The van der Waals surface area contributed by atoms with Crippen molar-refractivity contribution in [3.63, 3.8) is 0 Å². The Morgan fingerprint density at radius 1 is 1.14 bits per heavy atom. The molecular weight excluding hydrogens is 480 g/mol. The van der Waals surface area contributed by atoms with E-state index in [-0.39, 0.29) is 36.0 Å². The Kier molecular flexibility index (Phi) is 7.66. The third-order valence-electron chi connectivity index (χ3n) is 7.51. The first-order valence-electron chi connectivity index (χ1n) is 12.4. The van der Waals surface area contributed by atoms with Crippen LogP contribution in [0.15, 0.2) is 42.6 Å². The van der Waals surface area contributed by atoms with Crippen LogP contribution < -0.4 is 10.2 Å². The van der Waals surface area contributed by atoms with Crippen molar-refractivity contribution in [2.75, 3.05) is 31.1 Å². The second-order valence-electron chi connectivity index (χ2n) is 9.99. The highest BCUT2D eigenvalue weighted by atomic mass is 35.5. The van der Waals surface area contributed by atoms with Crippen LogP contribution in [0.25, 0.3) is 0 Å².